The number of amides is 1. The number of aromatic nitrogens is 2. The lowest BCUT2D eigenvalue weighted by Crippen LogP contribution is -2.47. The highest BCUT2D eigenvalue weighted by atomic mass is 32.2. The molecule has 1 amide bonds. The summed E-state index contributed by atoms with van der Waals surface area (Å²) in [4.78, 5) is 27.2. The molecule has 41 heavy (non-hydrogen) atoms. The number of benzene rings is 2. The molecule has 2 aliphatic rings. The molecule has 3 aromatic rings. The average molecular weight is 576 g/mol. The molecule has 0 bridgehead atoms. The Kier molecular flexibility index (Phi) is 9.35. The second kappa shape index (κ2) is 13.1. The molecule has 0 aliphatic carbocycles. The molecule has 3 heterocycles. The Bertz CT molecular complexity index is 1300. The number of hydrogen-bond donors (Lipinski definition) is 1. The molecule has 1 N–H and O–H groups in total. The lowest BCUT2D eigenvalue weighted by Gasteiger charge is -2.37. The molecular formula is C32H41N5O3S. The van der Waals surface area contributed by atoms with Crippen molar-refractivity contribution in [1.29, 1.82) is 0 Å². The highest BCUT2D eigenvalue weighted by Crippen LogP contribution is 2.30. The van der Waals surface area contributed by atoms with E-state index in [9.17, 15) is 4.79 Å². The van der Waals surface area contributed by atoms with E-state index < -0.39 is 0 Å². The van der Waals surface area contributed by atoms with E-state index in [2.05, 4.69) is 54.1 Å². The third kappa shape index (κ3) is 7.71. The lowest BCUT2D eigenvalue weighted by atomic mass is 9.92. The summed E-state index contributed by atoms with van der Waals surface area (Å²) in [5, 5.41) is 3.77. The third-order valence-electron chi connectivity index (χ3n) is 7.60. The van der Waals surface area contributed by atoms with Gasteiger partial charge >= 0.3 is 0 Å². The van der Waals surface area contributed by atoms with E-state index in [1.807, 2.05) is 36.4 Å². The van der Waals surface area contributed by atoms with Crippen LogP contribution in [0.25, 0.3) is 0 Å². The number of piperazine rings is 1. The normalized spacial score (nSPS) is 17.5. The van der Waals surface area contributed by atoms with E-state index in [-0.39, 0.29) is 17.4 Å². The molecule has 8 nitrogen and oxygen atoms in total. The van der Waals surface area contributed by atoms with Gasteiger partial charge in [-0.25, -0.2) is 9.97 Å². The number of anilines is 2. The van der Waals surface area contributed by atoms with Gasteiger partial charge in [0.2, 0.25) is 0 Å². The van der Waals surface area contributed by atoms with E-state index in [1.54, 1.807) is 18.9 Å². The minimum absolute atomic E-state index is 0.0577. The van der Waals surface area contributed by atoms with E-state index >= 15 is 0 Å². The van der Waals surface area contributed by atoms with Crippen LogP contribution in [0, 0.1) is 0 Å². The predicted octanol–water partition coefficient (Wildman–Crippen LogP) is 5.31. The summed E-state index contributed by atoms with van der Waals surface area (Å²) in [6, 6.07) is 18.2. The van der Waals surface area contributed by atoms with Gasteiger partial charge in [0, 0.05) is 67.8 Å². The molecule has 9 heteroatoms. The Hall–Kier alpha value is -3.30. The first kappa shape index (κ1) is 29.2. The Balaban J connectivity index is 1.21. The molecule has 0 radical (unpaired) electrons. The van der Waals surface area contributed by atoms with Crippen LogP contribution in [0.1, 0.15) is 55.2 Å². The van der Waals surface area contributed by atoms with Gasteiger partial charge in [0.15, 0.2) is 5.16 Å². The maximum atomic E-state index is 12.5. The summed E-state index contributed by atoms with van der Waals surface area (Å²) in [5.41, 5.74) is 3.96. The van der Waals surface area contributed by atoms with Crippen LogP contribution in [-0.4, -0.2) is 68.4 Å². The first-order valence-electron chi connectivity index (χ1n) is 14.4. The van der Waals surface area contributed by atoms with Crippen LogP contribution in [-0.2, 0) is 15.9 Å². The van der Waals surface area contributed by atoms with Crippen LogP contribution in [0.2, 0.25) is 0 Å². The first-order chi connectivity index (χ1) is 19.8. The number of nitrogens with zero attached hydrogens (tertiary/aromatic N) is 4. The van der Waals surface area contributed by atoms with Crippen molar-refractivity contribution < 1.29 is 14.3 Å². The molecule has 5 rings (SSSR count). The molecule has 2 saturated heterocycles. The minimum atomic E-state index is -0.0868. The monoisotopic (exact) mass is 575 g/mol. The smallest absolute Gasteiger partial charge is 0.251 e. The van der Waals surface area contributed by atoms with Crippen LogP contribution in [0.5, 0.6) is 5.75 Å². The summed E-state index contributed by atoms with van der Waals surface area (Å²) >= 11 is 1.64. The second-order valence-corrected chi connectivity index (χ2v) is 12.6. The van der Waals surface area contributed by atoms with E-state index in [1.165, 1.54) is 5.69 Å². The molecule has 1 atom stereocenters. The zero-order chi connectivity index (χ0) is 28.8. The highest BCUT2D eigenvalue weighted by Gasteiger charge is 2.23. The fraction of sp³-hybridized carbons (Fsp3) is 0.469. The van der Waals surface area contributed by atoms with Crippen LogP contribution in [0.3, 0.4) is 0 Å². The van der Waals surface area contributed by atoms with Gasteiger partial charge in [-0.05, 0) is 54.8 Å². The summed E-state index contributed by atoms with van der Waals surface area (Å²) < 4.78 is 10.9. The zero-order valence-electron chi connectivity index (χ0n) is 24.6. The molecule has 2 fully saturated rings. The van der Waals surface area contributed by atoms with Crippen molar-refractivity contribution >= 4 is 29.2 Å². The van der Waals surface area contributed by atoms with Crippen LogP contribution in [0.15, 0.2) is 59.8 Å². The van der Waals surface area contributed by atoms with E-state index in [0.29, 0.717) is 12.1 Å². The quantitative estimate of drug-likeness (QED) is 0.272. The Labute approximate surface area is 247 Å². The van der Waals surface area contributed by atoms with Crippen molar-refractivity contribution in [1.82, 2.24) is 15.3 Å². The standard InChI is InChI=1S/C32H41N5O3S/c1-32(2,3)28-20-29(37-17-15-36(16-18-37)25-11-13-26(39-4)14-12-25)35-31(34-28)41-22-23-7-9-24(10-8-23)30(38)33-21-27-6-5-19-40-27/h7-14,20,27H,5-6,15-19,21-22H2,1-4H3,(H,33,38). The molecule has 2 aliphatic heterocycles. The molecule has 218 valence electrons. The molecule has 1 aromatic heterocycles. The van der Waals surface area contributed by atoms with Gasteiger partial charge in [0.25, 0.3) is 5.91 Å². The number of ether oxygens (including phenoxy) is 2. The maximum absolute atomic E-state index is 12.5. The largest absolute Gasteiger partial charge is 0.497 e. The van der Waals surface area contributed by atoms with Crippen molar-refractivity contribution in [2.24, 2.45) is 0 Å². The van der Waals surface area contributed by atoms with E-state index in [0.717, 1.165) is 79.4 Å². The number of carbonyl (C=O) groups is 1. The number of carbonyl (C=O) groups excluding carboxylic acids is 1. The van der Waals surface area contributed by atoms with Crippen molar-refractivity contribution in [2.75, 3.05) is 56.2 Å². The Morgan fingerprint density at radius 1 is 1.02 bits per heavy atom. The molecule has 1 unspecified atom stereocenters. The summed E-state index contributed by atoms with van der Waals surface area (Å²) in [7, 11) is 1.69. The van der Waals surface area contributed by atoms with Gasteiger partial charge in [0.05, 0.1) is 18.9 Å². The summed E-state index contributed by atoms with van der Waals surface area (Å²) in [6.07, 6.45) is 2.22. The van der Waals surface area contributed by atoms with Gasteiger partial charge in [-0.15, -0.1) is 0 Å². The second-order valence-electron chi connectivity index (χ2n) is 11.6. The highest BCUT2D eigenvalue weighted by molar-refractivity contribution is 7.98. The average Bonchev–Trinajstić information content (AvgIpc) is 3.52. The summed E-state index contributed by atoms with van der Waals surface area (Å²) in [6.45, 7) is 11.6. The van der Waals surface area contributed by atoms with Crippen molar-refractivity contribution in [2.45, 2.75) is 56.0 Å². The van der Waals surface area contributed by atoms with Crippen molar-refractivity contribution in [3.05, 3.63) is 71.4 Å². The zero-order valence-corrected chi connectivity index (χ0v) is 25.4. The Morgan fingerprint density at radius 2 is 1.73 bits per heavy atom. The van der Waals surface area contributed by atoms with Gasteiger partial charge in [-0.1, -0.05) is 44.7 Å². The van der Waals surface area contributed by atoms with Crippen molar-refractivity contribution in [3.8, 4) is 5.75 Å². The summed E-state index contributed by atoms with van der Waals surface area (Å²) in [5.74, 6) is 2.54. The third-order valence-corrected chi connectivity index (χ3v) is 8.52. The molecule has 0 saturated carbocycles. The maximum Gasteiger partial charge on any atom is 0.251 e. The Morgan fingerprint density at radius 3 is 2.37 bits per heavy atom. The predicted molar refractivity (Wildman–Crippen MR) is 165 cm³/mol. The fourth-order valence-electron chi connectivity index (χ4n) is 5.02. The number of nitrogens with one attached hydrogen (secondary N) is 1. The topological polar surface area (TPSA) is 79.8 Å². The SMILES string of the molecule is COc1ccc(N2CCN(c3cc(C(C)(C)C)nc(SCc4ccc(C(=O)NCC5CCCO5)cc4)n3)CC2)cc1. The first-order valence-corrected chi connectivity index (χ1v) is 15.4. The van der Waals surface area contributed by atoms with Gasteiger partial charge in [0.1, 0.15) is 11.6 Å². The van der Waals surface area contributed by atoms with Crippen LogP contribution in [0.4, 0.5) is 11.5 Å². The fourth-order valence-corrected chi connectivity index (χ4v) is 5.83. The molecule has 2 aromatic carbocycles. The molecular weight excluding hydrogens is 534 g/mol. The van der Waals surface area contributed by atoms with Gasteiger partial charge < -0.3 is 24.6 Å². The van der Waals surface area contributed by atoms with Crippen LogP contribution >= 0.6 is 11.8 Å². The number of methoxy groups -OCH3 is 1. The van der Waals surface area contributed by atoms with Crippen molar-refractivity contribution in [3.63, 3.8) is 0 Å². The number of thioether (sulfide) groups is 1. The molecule has 0 spiro atoms. The van der Waals surface area contributed by atoms with E-state index in [4.69, 9.17) is 19.4 Å². The van der Waals surface area contributed by atoms with Gasteiger partial charge in [-0.2, -0.15) is 0 Å². The minimum Gasteiger partial charge on any atom is -0.497 e. The lowest BCUT2D eigenvalue weighted by molar-refractivity contribution is 0.0858. The van der Waals surface area contributed by atoms with Gasteiger partial charge in [-0.3, -0.25) is 4.79 Å². The number of hydrogen-bond acceptors (Lipinski definition) is 8. The number of rotatable bonds is 9. The van der Waals surface area contributed by atoms with Crippen LogP contribution < -0.4 is 19.9 Å².